The van der Waals surface area contributed by atoms with Crippen LogP contribution in [0.5, 0.6) is 0 Å². The molecule has 0 aliphatic heterocycles. The van der Waals surface area contributed by atoms with Crippen LogP contribution in [-0.2, 0) is 0 Å². The number of hydrogen-bond acceptors (Lipinski definition) is 4. The van der Waals surface area contributed by atoms with Crippen LogP contribution in [-0.4, -0.2) is 26.1 Å². The van der Waals surface area contributed by atoms with Crippen molar-refractivity contribution in [3.63, 3.8) is 0 Å². The Bertz CT molecular complexity index is 502. The summed E-state index contributed by atoms with van der Waals surface area (Å²) in [5, 5.41) is 3.30. The molecule has 0 aliphatic rings. The van der Waals surface area contributed by atoms with Gasteiger partial charge in [0.25, 0.3) is 0 Å². The van der Waals surface area contributed by atoms with Crippen molar-refractivity contribution in [2.45, 2.75) is 13.0 Å². The fourth-order valence-corrected chi connectivity index (χ4v) is 2.03. The summed E-state index contributed by atoms with van der Waals surface area (Å²) in [4.78, 5) is 6.43. The maximum atomic E-state index is 5.36. The van der Waals surface area contributed by atoms with Gasteiger partial charge >= 0.3 is 0 Å². The summed E-state index contributed by atoms with van der Waals surface area (Å²) in [7, 11) is 5.91. The zero-order valence-electron chi connectivity index (χ0n) is 11.3. The van der Waals surface area contributed by atoms with Crippen LogP contribution in [0.25, 0.3) is 0 Å². The Labute approximate surface area is 108 Å². The summed E-state index contributed by atoms with van der Waals surface area (Å²) in [6.45, 7) is 1.97. The third-order valence-corrected chi connectivity index (χ3v) is 3.06. The molecule has 0 radical (unpaired) electrons. The maximum Gasteiger partial charge on any atom is 0.127 e. The SMILES string of the molecule is CNC(c1ccc(N(C)C)nc1)c1ccoc1C. The van der Waals surface area contributed by atoms with Gasteiger partial charge in [-0.15, -0.1) is 0 Å². The smallest absolute Gasteiger partial charge is 0.127 e. The quantitative estimate of drug-likeness (QED) is 0.897. The molecular weight excluding hydrogens is 226 g/mol. The predicted molar refractivity (Wildman–Crippen MR) is 72.9 cm³/mol. The number of aromatic nitrogens is 1. The largest absolute Gasteiger partial charge is 0.469 e. The Morgan fingerprint density at radius 1 is 1.28 bits per heavy atom. The van der Waals surface area contributed by atoms with Gasteiger partial charge in [0, 0.05) is 25.9 Å². The Morgan fingerprint density at radius 3 is 2.50 bits per heavy atom. The molecule has 1 unspecified atom stereocenters. The Balaban J connectivity index is 2.31. The van der Waals surface area contributed by atoms with Gasteiger partial charge in [0.1, 0.15) is 11.6 Å². The van der Waals surface area contributed by atoms with E-state index in [2.05, 4.69) is 16.4 Å². The second-order valence-electron chi connectivity index (χ2n) is 4.50. The lowest BCUT2D eigenvalue weighted by atomic mass is 10.0. The van der Waals surface area contributed by atoms with Crippen LogP contribution in [0, 0.1) is 6.92 Å². The first-order valence-electron chi connectivity index (χ1n) is 5.98. The van der Waals surface area contributed by atoms with Crippen molar-refractivity contribution in [1.29, 1.82) is 0 Å². The second-order valence-corrected chi connectivity index (χ2v) is 4.50. The molecule has 0 amide bonds. The minimum Gasteiger partial charge on any atom is -0.469 e. The highest BCUT2D eigenvalue weighted by Crippen LogP contribution is 2.25. The number of nitrogens with zero attached hydrogens (tertiary/aromatic N) is 2. The van der Waals surface area contributed by atoms with E-state index in [1.807, 2.05) is 51.3 Å². The highest BCUT2D eigenvalue weighted by atomic mass is 16.3. The van der Waals surface area contributed by atoms with Gasteiger partial charge in [-0.05, 0) is 31.7 Å². The van der Waals surface area contributed by atoms with Crippen molar-refractivity contribution in [3.8, 4) is 0 Å². The van der Waals surface area contributed by atoms with Crippen molar-refractivity contribution in [2.75, 3.05) is 26.0 Å². The zero-order chi connectivity index (χ0) is 13.1. The fraction of sp³-hybridized carbons (Fsp3) is 0.357. The number of pyridine rings is 1. The molecule has 1 atom stereocenters. The zero-order valence-corrected chi connectivity index (χ0v) is 11.3. The monoisotopic (exact) mass is 245 g/mol. The molecule has 0 aliphatic carbocycles. The molecule has 0 saturated carbocycles. The summed E-state index contributed by atoms with van der Waals surface area (Å²) in [5.74, 6) is 1.89. The number of nitrogens with one attached hydrogen (secondary N) is 1. The number of rotatable bonds is 4. The van der Waals surface area contributed by atoms with Crippen LogP contribution in [0.1, 0.15) is 22.9 Å². The average molecular weight is 245 g/mol. The fourth-order valence-electron chi connectivity index (χ4n) is 2.03. The Hall–Kier alpha value is -1.81. The molecule has 2 rings (SSSR count). The van der Waals surface area contributed by atoms with Crippen LogP contribution in [0.3, 0.4) is 0 Å². The lowest BCUT2D eigenvalue weighted by molar-refractivity contribution is 0.523. The van der Waals surface area contributed by atoms with Gasteiger partial charge < -0.3 is 14.6 Å². The van der Waals surface area contributed by atoms with Gasteiger partial charge in [-0.2, -0.15) is 0 Å². The third kappa shape index (κ3) is 2.38. The molecular formula is C14H19N3O. The van der Waals surface area contributed by atoms with Gasteiger partial charge in [0.05, 0.1) is 12.3 Å². The Kier molecular flexibility index (Phi) is 3.67. The molecule has 1 N–H and O–H groups in total. The molecule has 4 nitrogen and oxygen atoms in total. The molecule has 0 bridgehead atoms. The highest BCUT2D eigenvalue weighted by molar-refractivity contribution is 5.40. The molecule has 2 aromatic heterocycles. The summed E-state index contributed by atoms with van der Waals surface area (Å²) < 4.78 is 5.36. The van der Waals surface area contributed by atoms with Crippen LogP contribution in [0.4, 0.5) is 5.82 Å². The summed E-state index contributed by atoms with van der Waals surface area (Å²) in [5.41, 5.74) is 2.28. The van der Waals surface area contributed by atoms with Gasteiger partial charge in [0.15, 0.2) is 0 Å². The van der Waals surface area contributed by atoms with E-state index in [0.29, 0.717) is 0 Å². The number of anilines is 1. The van der Waals surface area contributed by atoms with E-state index in [-0.39, 0.29) is 6.04 Å². The number of aryl methyl sites for hydroxylation is 1. The third-order valence-electron chi connectivity index (χ3n) is 3.06. The van der Waals surface area contributed by atoms with Gasteiger partial charge in [-0.1, -0.05) is 6.07 Å². The molecule has 0 spiro atoms. The van der Waals surface area contributed by atoms with E-state index in [1.165, 1.54) is 0 Å². The van der Waals surface area contributed by atoms with E-state index in [4.69, 9.17) is 4.42 Å². The minimum absolute atomic E-state index is 0.118. The van der Waals surface area contributed by atoms with E-state index in [1.54, 1.807) is 6.26 Å². The van der Waals surface area contributed by atoms with E-state index in [9.17, 15) is 0 Å². The van der Waals surface area contributed by atoms with Gasteiger partial charge in [-0.3, -0.25) is 0 Å². The maximum absolute atomic E-state index is 5.36. The first-order valence-corrected chi connectivity index (χ1v) is 5.98. The lowest BCUT2D eigenvalue weighted by Gasteiger charge is -2.17. The van der Waals surface area contributed by atoms with E-state index in [0.717, 1.165) is 22.7 Å². The topological polar surface area (TPSA) is 41.3 Å². The first kappa shape index (κ1) is 12.6. The molecule has 96 valence electrons. The summed E-state index contributed by atoms with van der Waals surface area (Å²) >= 11 is 0. The van der Waals surface area contributed by atoms with Crippen molar-refractivity contribution in [3.05, 3.63) is 47.5 Å². The van der Waals surface area contributed by atoms with Crippen LogP contribution >= 0.6 is 0 Å². The van der Waals surface area contributed by atoms with E-state index < -0.39 is 0 Å². The molecule has 0 aromatic carbocycles. The molecule has 0 fully saturated rings. The minimum atomic E-state index is 0.118. The standard InChI is InChI=1S/C14H19N3O/c1-10-12(7-8-18-10)14(15-2)11-5-6-13(16-9-11)17(3)4/h5-9,14-15H,1-4H3. The van der Waals surface area contributed by atoms with Crippen molar-refractivity contribution in [1.82, 2.24) is 10.3 Å². The van der Waals surface area contributed by atoms with Gasteiger partial charge in [-0.25, -0.2) is 4.98 Å². The van der Waals surface area contributed by atoms with Crippen molar-refractivity contribution < 1.29 is 4.42 Å². The lowest BCUT2D eigenvalue weighted by Crippen LogP contribution is -2.18. The molecule has 4 heteroatoms. The number of furan rings is 1. The van der Waals surface area contributed by atoms with E-state index >= 15 is 0 Å². The second kappa shape index (κ2) is 5.23. The molecule has 0 saturated heterocycles. The highest BCUT2D eigenvalue weighted by Gasteiger charge is 2.16. The average Bonchev–Trinajstić information content (AvgIpc) is 2.78. The van der Waals surface area contributed by atoms with Gasteiger partial charge in [0.2, 0.25) is 0 Å². The summed E-state index contributed by atoms with van der Waals surface area (Å²) in [6.07, 6.45) is 3.62. The number of hydrogen-bond donors (Lipinski definition) is 1. The molecule has 2 aromatic rings. The molecule has 18 heavy (non-hydrogen) atoms. The van der Waals surface area contributed by atoms with Crippen LogP contribution in [0.15, 0.2) is 35.1 Å². The normalized spacial score (nSPS) is 12.4. The first-order chi connectivity index (χ1) is 8.63. The van der Waals surface area contributed by atoms with Crippen molar-refractivity contribution >= 4 is 5.82 Å². The van der Waals surface area contributed by atoms with Crippen molar-refractivity contribution in [2.24, 2.45) is 0 Å². The predicted octanol–water partition coefficient (Wildman–Crippen LogP) is 2.36. The molecule has 2 heterocycles. The summed E-state index contributed by atoms with van der Waals surface area (Å²) in [6, 6.07) is 6.23. The Morgan fingerprint density at radius 2 is 2.06 bits per heavy atom. The van der Waals surface area contributed by atoms with Crippen LogP contribution in [0.2, 0.25) is 0 Å². The van der Waals surface area contributed by atoms with Crippen LogP contribution < -0.4 is 10.2 Å².